The summed E-state index contributed by atoms with van der Waals surface area (Å²) >= 11 is 0. The van der Waals surface area contributed by atoms with E-state index in [0.717, 1.165) is 25.3 Å². The molecule has 0 radical (unpaired) electrons. The molecule has 0 atom stereocenters. The maximum absolute atomic E-state index is 5.68. The van der Waals surface area contributed by atoms with Crippen LogP contribution in [0.5, 0.6) is 5.75 Å². The molecule has 0 fully saturated rings. The highest BCUT2D eigenvalue weighted by Crippen LogP contribution is 2.18. The largest absolute Gasteiger partial charge is 0.491 e. The van der Waals surface area contributed by atoms with E-state index in [0.29, 0.717) is 13.2 Å². The molecule has 0 aliphatic carbocycles. The molecule has 0 saturated heterocycles. The minimum absolute atomic E-state index is 0.607. The molecule has 0 bridgehead atoms. The molecule has 17 heavy (non-hydrogen) atoms. The van der Waals surface area contributed by atoms with Gasteiger partial charge in [-0.05, 0) is 37.6 Å². The molecule has 3 nitrogen and oxygen atoms in total. The zero-order chi connectivity index (χ0) is 12.3. The van der Waals surface area contributed by atoms with Crippen LogP contribution in [0.3, 0.4) is 0 Å². The molecular formula is C14H23NO2. The molecular weight excluding hydrogens is 214 g/mol. The van der Waals surface area contributed by atoms with Gasteiger partial charge in [-0.15, -0.1) is 0 Å². The van der Waals surface area contributed by atoms with Crippen LogP contribution in [0.15, 0.2) is 24.3 Å². The quantitative estimate of drug-likeness (QED) is 0.668. The Balaban J connectivity index is 2.40. The monoisotopic (exact) mass is 237 g/mol. The first kappa shape index (κ1) is 14.0. The lowest BCUT2D eigenvalue weighted by molar-refractivity contribution is 0.146. The van der Waals surface area contributed by atoms with Gasteiger partial charge in [0.05, 0.1) is 6.61 Å². The first-order valence-corrected chi connectivity index (χ1v) is 6.28. The lowest BCUT2D eigenvalue weighted by atomic mass is 10.1. The number of nitrogens with one attached hydrogen (secondary N) is 1. The number of ether oxygens (including phenoxy) is 2. The highest BCUT2D eigenvalue weighted by atomic mass is 16.5. The highest BCUT2D eigenvalue weighted by Gasteiger charge is 2.02. The normalized spacial score (nSPS) is 10.5. The summed E-state index contributed by atoms with van der Waals surface area (Å²) in [6.45, 7) is 5.48. The fourth-order valence-corrected chi connectivity index (χ4v) is 1.61. The molecule has 0 unspecified atom stereocenters. The zero-order valence-electron chi connectivity index (χ0n) is 10.9. The molecule has 1 rings (SSSR count). The van der Waals surface area contributed by atoms with Gasteiger partial charge in [-0.2, -0.15) is 0 Å². The molecule has 0 heterocycles. The summed E-state index contributed by atoms with van der Waals surface area (Å²) in [6, 6.07) is 8.20. The summed E-state index contributed by atoms with van der Waals surface area (Å²) in [6.07, 6.45) is 2.18. The molecule has 0 aliphatic heterocycles. The summed E-state index contributed by atoms with van der Waals surface area (Å²) in [5.41, 5.74) is 1.26. The van der Waals surface area contributed by atoms with Crippen molar-refractivity contribution in [3.63, 3.8) is 0 Å². The first-order chi connectivity index (χ1) is 8.38. The highest BCUT2D eigenvalue weighted by molar-refractivity contribution is 5.33. The minimum Gasteiger partial charge on any atom is -0.491 e. The summed E-state index contributed by atoms with van der Waals surface area (Å²) in [5, 5.41) is 3.40. The molecule has 3 heteroatoms. The van der Waals surface area contributed by atoms with Crippen LogP contribution in [0, 0.1) is 0 Å². The van der Waals surface area contributed by atoms with Gasteiger partial charge in [0.15, 0.2) is 0 Å². The molecule has 1 aromatic rings. The van der Waals surface area contributed by atoms with Crippen molar-refractivity contribution in [2.24, 2.45) is 0 Å². The Bertz CT molecular complexity index is 302. The van der Waals surface area contributed by atoms with Crippen LogP contribution in [-0.4, -0.2) is 33.4 Å². The third-order valence-electron chi connectivity index (χ3n) is 2.52. The second kappa shape index (κ2) is 9.02. The van der Waals surface area contributed by atoms with Crippen molar-refractivity contribution in [3.05, 3.63) is 29.8 Å². The average molecular weight is 237 g/mol. The van der Waals surface area contributed by atoms with Crippen molar-refractivity contribution >= 4 is 0 Å². The lowest BCUT2D eigenvalue weighted by Crippen LogP contribution is -2.18. The van der Waals surface area contributed by atoms with Crippen LogP contribution in [0.4, 0.5) is 0 Å². The molecule has 1 N–H and O–H groups in total. The zero-order valence-corrected chi connectivity index (χ0v) is 10.9. The number of hydrogen-bond donors (Lipinski definition) is 1. The van der Waals surface area contributed by atoms with Crippen molar-refractivity contribution in [2.75, 3.05) is 33.4 Å². The van der Waals surface area contributed by atoms with Gasteiger partial charge < -0.3 is 14.8 Å². The van der Waals surface area contributed by atoms with Gasteiger partial charge in [-0.1, -0.05) is 25.1 Å². The topological polar surface area (TPSA) is 30.5 Å². The molecule has 0 aliphatic rings. The predicted molar refractivity (Wildman–Crippen MR) is 70.7 cm³/mol. The molecule has 96 valence electrons. The summed E-state index contributed by atoms with van der Waals surface area (Å²) < 4.78 is 10.7. The Labute approximate surface area is 104 Å². The van der Waals surface area contributed by atoms with Crippen molar-refractivity contribution in [2.45, 2.75) is 19.8 Å². The predicted octanol–water partition coefficient (Wildman–Crippen LogP) is 2.25. The van der Waals surface area contributed by atoms with E-state index in [1.54, 1.807) is 7.11 Å². The Hall–Kier alpha value is -1.06. The van der Waals surface area contributed by atoms with E-state index in [1.165, 1.54) is 12.0 Å². The van der Waals surface area contributed by atoms with Crippen LogP contribution in [0.1, 0.15) is 18.9 Å². The van der Waals surface area contributed by atoms with Crippen molar-refractivity contribution < 1.29 is 9.47 Å². The van der Waals surface area contributed by atoms with Crippen LogP contribution in [-0.2, 0) is 11.2 Å². The fraction of sp³-hybridized carbons (Fsp3) is 0.571. The van der Waals surface area contributed by atoms with Crippen LogP contribution in [0.2, 0.25) is 0 Å². The fourth-order valence-electron chi connectivity index (χ4n) is 1.61. The van der Waals surface area contributed by atoms with Gasteiger partial charge in [-0.25, -0.2) is 0 Å². The Morgan fingerprint density at radius 3 is 2.71 bits per heavy atom. The number of methoxy groups -OCH3 is 1. The molecule has 0 spiro atoms. The molecule has 1 aromatic carbocycles. The standard InChI is InChI=1S/C14H23NO2/c1-3-9-15-10-8-13-6-4-5-7-14(13)17-12-11-16-2/h4-7,15H,3,8-12H2,1-2H3. The number of para-hydroxylation sites is 1. The minimum atomic E-state index is 0.607. The number of rotatable bonds is 9. The average Bonchev–Trinajstić information content (AvgIpc) is 2.36. The van der Waals surface area contributed by atoms with E-state index >= 15 is 0 Å². The van der Waals surface area contributed by atoms with Crippen LogP contribution < -0.4 is 10.1 Å². The Morgan fingerprint density at radius 2 is 1.94 bits per heavy atom. The van der Waals surface area contributed by atoms with Crippen molar-refractivity contribution in [1.29, 1.82) is 0 Å². The summed E-state index contributed by atoms with van der Waals surface area (Å²) in [4.78, 5) is 0. The van der Waals surface area contributed by atoms with Gasteiger partial charge in [0, 0.05) is 7.11 Å². The Morgan fingerprint density at radius 1 is 1.12 bits per heavy atom. The second-order valence-corrected chi connectivity index (χ2v) is 3.95. The van der Waals surface area contributed by atoms with E-state index in [-0.39, 0.29) is 0 Å². The van der Waals surface area contributed by atoms with E-state index in [2.05, 4.69) is 24.4 Å². The van der Waals surface area contributed by atoms with Gasteiger partial charge in [0.1, 0.15) is 12.4 Å². The van der Waals surface area contributed by atoms with E-state index in [9.17, 15) is 0 Å². The first-order valence-electron chi connectivity index (χ1n) is 6.28. The molecule has 0 amide bonds. The van der Waals surface area contributed by atoms with Crippen molar-refractivity contribution in [3.8, 4) is 5.75 Å². The van der Waals surface area contributed by atoms with Gasteiger partial charge in [0.25, 0.3) is 0 Å². The van der Waals surface area contributed by atoms with E-state index < -0.39 is 0 Å². The molecule has 0 saturated carbocycles. The van der Waals surface area contributed by atoms with Gasteiger partial charge in [-0.3, -0.25) is 0 Å². The van der Waals surface area contributed by atoms with Crippen LogP contribution >= 0.6 is 0 Å². The van der Waals surface area contributed by atoms with E-state index in [1.807, 2.05) is 12.1 Å². The third kappa shape index (κ3) is 5.71. The second-order valence-electron chi connectivity index (χ2n) is 3.95. The Kier molecular flexibility index (Phi) is 7.43. The lowest BCUT2D eigenvalue weighted by Gasteiger charge is -2.11. The van der Waals surface area contributed by atoms with Crippen molar-refractivity contribution in [1.82, 2.24) is 5.32 Å². The van der Waals surface area contributed by atoms with E-state index in [4.69, 9.17) is 9.47 Å². The summed E-state index contributed by atoms with van der Waals surface area (Å²) in [7, 11) is 1.68. The SMILES string of the molecule is CCCNCCc1ccccc1OCCOC. The maximum Gasteiger partial charge on any atom is 0.122 e. The number of benzene rings is 1. The molecule has 0 aromatic heterocycles. The maximum atomic E-state index is 5.68. The van der Waals surface area contributed by atoms with Gasteiger partial charge >= 0.3 is 0 Å². The smallest absolute Gasteiger partial charge is 0.122 e. The third-order valence-corrected chi connectivity index (χ3v) is 2.52. The number of hydrogen-bond acceptors (Lipinski definition) is 3. The van der Waals surface area contributed by atoms with Gasteiger partial charge in [0.2, 0.25) is 0 Å². The summed E-state index contributed by atoms with van der Waals surface area (Å²) in [5.74, 6) is 0.975. The van der Waals surface area contributed by atoms with Crippen LogP contribution in [0.25, 0.3) is 0 Å².